The Labute approximate surface area is 114 Å². The van der Waals surface area contributed by atoms with Crippen molar-refractivity contribution in [3.05, 3.63) is 47.8 Å². The number of carbonyl (C=O) groups is 1. The molecule has 5 nitrogen and oxygen atoms in total. The summed E-state index contributed by atoms with van der Waals surface area (Å²) < 4.78 is 18.4. The topological polar surface area (TPSA) is 84.6 Å². The van der Waals surface area contributed by atoms with E-state index in [2.05, 4.69) is 5.32 Å². The molecule has 20 heavy (non-hydrogen) atoms. The highest BCUT2D eigenvalue weighted by molar-refractivity contribution is 5.96. The van der Waals surface area contributed by atoms with E-state index >= 15 is 0 Å². The number of carboxylic acids is 1. The highest BCUT2D eigenvalue weighted by Gasteiger charge is 2.11. The van der Waals surface area contributed by atoms with E-state index in [0.29, 0.717) is 17.1 Å². The molecule has 0 unspecified atom stereocenters. The SMILES string of the molecule is COc1ccc(Nc2cc(N)ccc2C(=O)O)cc1F. The van der Waals surface area contributed by atoms with E-state index < -0.39 is 11.8 Å². The largest absolute Gasteiger partial charge is 0.494 e. The molecule has 0 atom stereocenters. The maximum Gasteiger partial charge on any atom is 0.337 e. The van der Waals surface area contributed by atoms with Gasteiger partial charge in [0.25, 0.3) is 0 Å². The van der Waals surface area contributed by atoms with Crippen molar-refractivity contribution in [3.8, 4) is 5.75 Å². The Bertz CT molecular complexity index is 659. The van der Waals surface area contributed by atoms with Gasteiger partial charge < -0.3 is 20.9 Å². The summed E-state index contributed by atoms with van der Waals surface area (Å²) >= 11 is 0. The molecular weight excluding hydrogens is 263 g/mol. The first-order valence-corrected chi connectivity index (χ1v) is 5.74. The minimum atomic E-state index is -1.10. The molecule has 0 fully saturated rings. The monoisotopic (exact) mass is 276 g/mol. The first-order chi connectivity index (χ1) is 9.51. The zero-order valence-corrected chi connectivity index (χ0v) is 10.7. The number of aromatic carboxylic acids is 1. The van der Waals surface area contributed by atoms with Crippen LogP contribution in [0.4, 0.5) is 21.5 Å². The Morgan fingerprint density at radius 2 is 2.05 bits per heavy atom. The van der Waals surface area contributed by atoms with Crippen molar-refractivity contribution < 1.29 is 19.0 Å². The lowest BCUT2D eigenvalue weighted by atomic mass is 10.1. The van der Waals surface area contributed by atoms with Gasteiger partial charge >= 0.3 is 5.97 Å². The summed E-state index contributed by atoms with van der Waals surface area (Å²) in [5.41, 5.74) is 6.78. The normalized spacial score (nSPS) is 10.1. The predicted octanol–water partition coefficient (Wildman–Crippen LogP) is 2.86. The summed E-state index contributed by atoms with van der Waals surface area (Å²) in [6, 6.07) is 8.60. The lowest BCUT2D eigenvalue weighted by Crippen LogP contribution is -2.04. The Kier molecular flexibility index (Phi) is 3.74. The van der Waals surface area contributed by atoms with Crippen molar-refractivity contribution in [3.63, 3.8) is 0 Å². The number of benzene rings is 2. The van der Waals surface area contributed by atoms with E-state index in [-0.39, 0.29) is 11.3 Å². The van der Waals surface area contributed by atoms with Crippen LogP contribution in [0.25, 0.3) is 0 Å². The van der Waals surface area contributed by atoms with Crippen LogP contribution >= 0.6 is 0 Å². The summed E-state index contributed by atoms with van der Waals surface area (Å²) in [7, 11) is 1.37. The number of halogens is 1. The Morgan fingerprint density at radius 1 is 1.30 bits per heavy atom. The van der Waals surface area contributed by atoms with Crippen molar-refractivity contribution in [1.29, 1.82) is 0 Å². The number of nitrogen functional groups attached to an aromatic ring is 1. The quantitative estimate of drug-likeness (QED) is 0.748. The van der Waals surface area contributed by atoms with Gasteiger partial charge in [-0.2, -0.15) is 0 Å². The molecule has 0 radical (unpaired) electrons. The zero-order valence-electron chi connectivity index (χ0n) is 10.7. The minimum absolute atomic E-state index is 0.0513. The standard InChI is InChI=1S/C14H13FN2O3/c1-20-13-5-3-9(7-11(13)15)17-12-6-8(16)2-4-10(12)14(18)19/h2-7,17H,16H2,1H3,(H,18,19). The van der Waals surface area contributed by atoms with E-state index in [1.165, 1.54) is 37.4 Å². The molecule has 104 valence electrons. The molecule has 2 aromatic carbocycles. The second-order valence-electron chi connectivity index (χ2n) is 4.08. The van der Waals surface area contributed by atoms with Crippen molar-refractivity contribution >= 4 is 23.0 Å². The van der Waals surface area contributed by atoms with Gasteiger partial charge in [0.1, 0.15) is 0 Å². The van der Waals surface area contributed by atoms with Crippen molar-refractivity contribution in [2.75, 3.05) is 18.2 Å². The van der Waals surface area contributed by atoms with Crippen LogP contribution in [0.3, 0.4) is 0 Å². The van der Waals surface area contributed by atoms with Gasteiger partial charge in [-0.05, 0) is 30.3 Å². The summed E-state index contributed by atoms with van der Waals surface area (Å²) in [5.74, 6) is -1.53. The molecule has 0 bridgehead atoms. The molecule has 0 saturated heterocycles. The number of carboxylic acid groups (broad SMARTS) is 1. The number of nitrogens with two attached hydrogens (primary N) is 1. The third kappa shape index (κ3) is 2.80. The van der Waals surface area contributed by atoms with Crippen molar-refractivity contribution in [2.45, 2.75) is 0 Å². The number of hydrogen-bond acceptors (Lipinski definition) is 4. The average Bonchev–Trinajstić information content (AvgIpc) is 2.38. The third-order valence-corrected chi connectivity index (χ3v) is 2.70. The second kappa shape index (κ2) is 5.48. The molecule has 4 N–H and O–H groups in total. The summed E-state index contributed by atoms with van der Waals surface area (Å²) in [5, 5.41) is 11.9. The lowest BCUT2D eigenvalue weighted by molar-refractivity contribution is 0.0698. The zero-order chi connectivity index (χ0) is 14.7. The molecule has 6 heteroatoms. The van der Waals surface area contributed by atoms with Crippen molar-refractivity contribution in [2.24, 2.45) is 0 Å². The van der Waals surface area contributed by atoms with E-state index in [4.69, 9.17) is 15.6 Å². The molecule has 0 aliphatic carbocycles. The summed E-state index contributed by atoms with van der Waals surface area (Å²) in [4.78, 5) is 11.1. The molecule has 0 amide bonds. The fourth-order valence-corrected chi connectivity index (χ4v) is 1.75. The molecule has 0 spiro atoms. The Hall–Kier alpha value is -2.76. The van der Waals surface area contributed by atoms with Crippen LogP contribution in [0, 0.1) is 5.82 Å². The third-order valence-electron chi connectivity index (χ3n) is 2.70. The fraction of sp³-hybridized carbons (Fsp3) is 0.0714. The van der Waals surface area contributed by atoms with Gasteiger partial charge in [0.2, 0.25) is 0 Å². The van der Waals surface area contributed by atoms with Gasteiger partial charge in [-0.25, -0.2) is 9.18 Å². The highest BCUT2D eigenvalue weighted by Crippen LogP contribution is 2.26. The predicted molar refractivity (Wildman–Crippen MR) is 74.0 cm³/mol. The van der Waals surface area contributed by atoms with Crippen LogP contribution in [0.1, 0.15) is 10.4 Å². The second-order valence-corrected chi connectivity index (χ2v) is 4.08. The van der Waals surface area contributed by atoms with Crippen LogP contribution < -0.4 is 15.8 Å². The molecular formula is C14H13FN2O3. The molecule has 0 aliphatic heterocycles. The first-order valence-electron chi connectivity index (χ1n) is 5.74. The number of ether oxygens (including phenoxy) is 1. The lowest BCUT2D eigenvalue weighted by Gasteiger charge is -2.11. The maximum atomic E-state index is 13.6. The first kappa shape index (κ1) is 13.7. The van der Waals surface area contributed by atoms with E-state index in [0.717, 1.165) is 0 Å². The molecule has 0 heterocycles. The molecule has 2 rings (SSSR count). The number of hydrogen-bond donors (Lipinski definition) is 3. The van der Waals surface area contributed by atoms with Crippen molar-refractivity contribution in [1.82, 2.24) is 0 Å². The molecule has 0 aliphatic rings. The van der Waals surface area contributed by atoms with E-state index in [1.807, 2.05) is 0 Å². The number of rotatable bonds is 4. The van der Waals surface area contributed by atoms with Gasteiger partial charge in [0.15, 0.2) is 11.6 Å². The van der Waals surface area contributed by atoms with E-state index in [1.54, 1.807) is 6.07 Å². The Balaban J connectivity index is 2.36. The summed E-state index contributed by atoms with van der Waals surface area (Å²) in [6.45, 7) is 0. The van der Waals surface area contributed by atoms with Gasteiger partial charge in [0, 0.05) is 17.4 Å². The molecule has 0 aromatic heterocycles. The maximum absolute atomic E-state index is 13.6. The summed E-state index contributed by atoms with van der Waals surface area (Å²) in [6.07, 6.45) is 0. The number of anilines is 3. The van der Waals surface area contributed by atoms with E-state index in [9.17, 15) is 9.18 Å². The van der Waals surface area contributed by atoms with Crippen LogP contribution in [-0.4, -0.2) is 18.2 Å². The van der Waals surface area contributed by atoms with Gasteiger partial charge in [0.05, 0.1) is 18.4 Å². The van der Waals surface area contributed by atoms with Gasteiger partial charge in [-0.3, -0.25) is 0 Å². The average molecular weight is 276 g/mol. The van der Waals surface area contributed by atoms with Crippen LogP contribution in [0.5, 0.6) is 5.75 Å². The number of nitrogens with one attached hydrogen (secondary N) is 1. The fourth-order valence-electron chi connectivity index (χ4n) is 1.75. The Morgan fingerprint density at radius 3 is 2.65 bits per heavy atom. The molecule has 0 saturated carbocycles. The smallest absolute Gasteiger partial charge is 0.337 e. The molecule has 2 aromatic rings. The minimum Gasteiger partial charge on any atom is -0.494 e. The number of methoxy groups -OCH3 is 1. The van der Waals surface area contributed by atoms with Crippen LogP contribution in [0.15, 0.2) is 36.4 Å². The van der Waals surface area contributed by atoms with Crippen LogP contribution in [0.2, 0.25) is 0 Å². The van der Waals surface area contributed by atoms with Gasteiger partial charge in [-0.15, -0.1) is 0 Å². The van der Waals surface area contributed by atoms with Crippen LogP contribution in [-0.2, 0) is 0 Å². The van der Waals surface area contributed by atoms with Gasteiger partial charge in [-0.1, -0.05) is 0 Å². The highest BCUT2D eigenvalue weighted by atomic mass is 19.1.